The van der Waals surface area contributed by atoms with Crippen molar-refractivity contribution in [3.05, 3.63) is 23.6 Å². The normalized spacial score (nSPS) is 24.7. The summed E-state index contributed by atoms with van der Waals surface area (Å²) < 4.78 is 44.1. The Morgan fingerprint density at radius 3 is 2.71 bits per heavy atom. The second kappa shape index (κ2) is 4.94. The first-order chi connectivity index (χ1) is 8.06. The Morgan fingerprint density at radius 1 is 1.24 bits per heavy atom. The minimum absolute atomic E-state index is 0.161. The van der Waals surface area contributed by atoms with Crippen molar-refractivity contribution in [2.75, 3.05) is 0 Å². The number of aromatic nitrogens is 1. The van der Waals surface area contributed by atoms with Crippen LogP contribution in [0.2, 0.25) is 0 Å². The van der Waals surface area contributed by atoms with Crippen LogP contribution in [0.1, 0.15) is 32.6 Å². The van der Waals surface area contributed by atoms with Crippen LogP contribution in [-0.2, 0) is 0 Å². The zero-order valence-corrected chi connectivity index (χ0v) is 9.55. The fraction of sp³-hybridized carbons (Fsp3) is 0.583. The van der Waals surface area contributed by atoms with Gasteiger partial charge in [-0.15, -0.1) is 0 Å². The van der Waals surface area contributed by atoms with E-state index in [4.69, 9.17) is 4.74 Å². The van der Waals surface area contributed by atoms with Crippen molar-refractivity contribution < 1.29 is 17.9 Å². The summed E-state index contributed by atoms with van der Waals surface area (Å²) in [6, 6.07) is 0.462. The molecule has 1 aromatic heterocycles. The third-order valence-corrected chi connectivity index (χ3v) is 3.02. The molecule has 5 heteroatoms. The smallest absolute Gasteiger partial charge is 0.253 e. The molecule has 2 rings (SSSR count). The van der Waals surface area contributed by atoms with Crippen LogP contribution in [0.25, 0.3) is 0 Å². The SMILES string of the molecule is CC1CCCC(Oc2nc(F)c(F)cc2F)C1. The zero-order chi connectivity index (χ0) is 12.4. The molecule has 1 saturated carbocycles. The maximum absolute atomic E-state index is 13.3. The fourth-order valence-corrected chi connectivity index (χ4v) is 2.15. The molecule has 0 bridgehead atoms. The Kier molecular flexibility index (Phi) is 3.54. The molecule has 1 aliphatic carbocycles. The average molecular weight is 245 g/mol. The summed E-state index contributed by atoms with van der Waals surface area (Å²) in [5.74, 6) is -3.52. The minimum Gasteiger partial charge on any atom is -0.472 e. The molecule has 2 unspecified atom stereocenters. The standard InChI is InChI=1S/C12H14F3NO/c1-7-3-2-4-8(5-7)17-12-10(14)6-9(13)11(15)16-12/h6-8H,2-5H2,1H3. The lowest BCUT2D eigenvalue weighted by Crippen LogP contribution is -2.25. The van der Waals surface area contributed by atoms with E-state index in [0.717, 1.165) is 25.7 Å². The van der Waals surface area contributed by atoms with Gasteiger partial charge in [-0.05, 0) is 25.2 Å². The molecule has 0 spiro atoms. The predicted molar refractivity (Wildman–Crippen MR) is 56.2 cm³/mol. The summed E-state index contributed by atoms with van der Waals surface area (Å²) in [4.78, 5) is 3.15. The molecular weight excluding hydrogens is 231 g/mol. The maximum Gasteiger partial charge on any atom is 0.253 e. The third-order valence-electron chi connectivity index (χ3n) is 3.02. The third kappa shape index (κ3) is 2.90. The van der Waals surface area contributed by atoms with E-state index in [-0.39, 0.29) is 6.10 Å². The van der Waals surface area contributed by atoms with Crippen LogP contribution in [0.4, 0.5) is 13.2 Å². The lowest BCUT2D eigenvalue weighted by Gasteiger charge is -2.26. The van der Waals surface area contributed by atoms with Crippen molar-refractivity contribution >= 4 is 0 Å². The molecule has 17 heavy (non-hydrogen) atoms. The summed E-state index contributed by atoms with van der Waals surface area (Å²) in [5.41, 5.74) is 0. The summed E-state index contributed by atoms with van der Waals surface area (Å²) in [6.07, 6.45) is 3.54. The Hall–Kier alpha value is -1.26. The van der Waals surface area contributed by atoms with Gasteiger partial charge in [0.05, 0.1) is 0 Å². The lowest BCUT2D eigenvalue weighted by atomic mass is 9.89. The van der Waals surface area contributed by atoms with Gasteiger partial charge in [0.25, 0.3) is 11.8 Å². The number of ether oxygens (including phenoxy) is 1. The van der Waals surface area contributed by atoms with Gasteiger partial charge in [0.1, 0.15) is 6.10 Å². The summed E-state index contributed by atoms with van der Waals surface area (Å²) in [6.45, 7) is 2.09. The Bertz CT molecular complexity index is 411. The zero-order valence-electron chi connectivity index (χ0n) is 9.55. The Morgan fingerprint density at radius 2 is 2.00 bits per heavy atom. The summed E-state index contributed by atoms with van der Waals surface area (Å²) >= 11 is 0. The quantitative estimate of drug-likeness (QED) is 0.744. The molecule has 1 aromatic rings. The van der Waals surface area contributed by atoms with Gasteiger partial charge in [0.15, 0.2) is 11.6 Å². The summed E-state index contributed by atoms with van der Waals surface area (Å²) in [5, 5.41) is 0. The molecule has 0 aromatic carbocycles. The molecular formula is C12H14F3NO. The highest BCUT2D eigenvalue weighted by Gasteiger charge is 2.23. The van der Waals surface area contributed by atoms with E-state index in [0.29, 0.717) is 12.0 Å². The van der Waals surface area contributed by atoms with E-state index in [9.17, 15) is 13.2 Å². The van der Waals surface area contributed by atoms with Crippen LogP contribution < -0.4 is 4.74 Å². The van der Waals surface area contributed by atoms with E-state index in [1.165, 1.54) is 0 Å². The Labute approximate surface area is 97.8 Å². The molecule has 0 amide bonds. The van der Waals surface area contributed by atoms with Gasteiger partial charge in [-0.3, -0.25) is 0 Å². The summed E-state index contributed by atoms with van der Waals surface area (Å²) in [7, 11) is 0. The Balaban J connectivity index is 2.10. The number of pyridine rings is 1. The highest BCUT2D eigenvalue weighted by Crippen LogP contribution is 2.28. The molecule has 1 heterocycles. The largest absolute Gasteiger partial charge is 0.472 e. The molecule has 1 fully saturated rings. The fourth-order valence-electron chi connectivity index (χ4n) is 2.15. The van der Waals surface area contributed by atoms with Gasteiger partial charge in [0.2, 0.25) is 0 Å². The van der Waals surface area contributed by atoms with Crippen LogP contribution in [0.5, 0.6) is 5.88 Å². The molecule has 2 nitrogen and oxygen atoms in total. The monoisotopic (exact) mass is 245 g/mol. The van der Waals surface area contributed by atoms with E-state index in [1.54, 1.807) is 0 Å². The van der Waals surface area contributed by atoms with Gasteiger partial charge in [-0.1, -0.05) is 13.3 Å². The van der Waals surface area contributed by atoms with Gasteiger partial charge in [-0.2, -0.15) is 9.37 Å². The number of nitrogens with zero attached hydrogens (tertiary/aromatic N) is 1. The van der Waals surface area contributed by atoms with Crippen LogP contribution in [0, 0.1) is 23.5 Å². The van der Waals surface area contributed by atoms with Crippen molar-refractivity contribution in [1.29, 1.82) is 0 Å². The van der Waals surface area contributed by atoms with Crippen LogP contribution in [0.3, 0.4) is 0 Å². The topological polar surface area (TPSA) is 22.1 Å². The van der Waals surface area contributed by atoms with Gasteiger partial charge < -0.3 is 4.74 Å². The van der Waals surface area contributed by atoms with Crippen LogP contribution in [0.15, 0.2) is 6.07 Å². The number of hydrogen-bond donors (Lipinski definition) is 0. The lowest BCUT2D eigenvalue weighted by molar-refractivity contribution is 0.116. The minimum atomic E-state index is -1.33. The highest BCUT2D eigenvalue weighted by atomic mass is 19.2. The first-order valence-electron chi connectivity index (χ1n) is 5.74. The molecule has 0 N–H and O–H groups in total. The van der Waals surface area contributed by atoms with Gasteiger partial charge >= 0.3 is 0 Å². The van der Waals surface area contributed by atoms with E-state index in [2.05, 4.69) is 11.9 Å². The van der Waals surface area contributed by atoms with Crippen molar-refractivity contribution in [3.8, 4) is 5.88 Å². The van der Waals surface area contributed by atoms with Crippen molar-refractivity contribution in [3.63, 3.8) is 0 Å². The van der Waals surface area contributed by atoms with Gasteiger partial charge in [-0.25, -0.2) is 8.78 Å². The van der Waals surface area contributed by atoms with E-state index in [1.807, 2.05) is 0 Å². The maximum atomic E-state index is 13.3. The first kappa shape index (κ1) is 12.2. The number of hydrogen-bond acceptors (Lipinski definition) is 2. The van der Waals surface area contributed by atoms with Crippen molar-refractivity contribution in [2.24, 2.45) is 5.92 Å². The van der Waals surface area contributed by atoms with E-state index >= 15 is 0 Å². The molecule has 0 aliphatic heterocycles. The molecule has 0 saturated heterocycles. The molecule has 2 atom stereocenters. The molecule has 0 radical (unpaired) electrons. The average Bonchev–Trinajstić information content (AvgIpc) is 2.26. The number of rotatable bonds is 2. The molecule has 1 aliphatic rings. The van der Waals surface area contributed by atoms with Crippen LogP contribution >= 0.6 is 0 Å². The van der Waals surface area contributed by atoms with E-state index < -0.39 is 23.5 Å². The van der Waals surface area contributed by atoms with Gasteiger partial charge in [0, 0.05) is 6.07 Å². The molecule has 94 valence electrons. The number of halogens is 3. The van der Waals surface area contributed by atoms with Crippen molar-refractivity contribution in [2.45, 2.75) is 38.7 Å². The van der Waals surface area contributed by atoms with Crippen molar-refractivity contribution in [1.82, 2.24) is 4.98 Å². The highest BCUT2D eigenvalue weighted by molar-refractivity contribution is 5.15. The second-order valence-corrected chi connectivity index (χ2v) is 4.56. The predicted octanol–water partition coefficient (Wildman–Crippen LogP) is 3.46. The van der Waals surface area contributed by atoms with Crippen LogP contribution in [-0.4, -0.2) is 11.1 Å². The first-order valence-corrected chi connectivity index (χ1v) is 5.74. The second-order valence-electron chi connectivity index (χ2n) is 4.56.